The molecule has 0 bridgehead atoms. The molecule has 0 aliphatic carbocycles. The Morgan fingerprint density at radius 3 is 2.24 bits per heavy atom. The van der Waals surface area contributed by atoms with Gasteiger partial charge in [0.05, 0.1) is 6.42 Å². The van der Waals surface area contributed by atoms with Crippen LogP contribution in [-0.2, 0) is 11.3 Å². The van der Waals surface area contributed by atoms with Crippen LogP contribution >= 0.6 is 34.8 Å². The molecule has 6 nitrogen and oxygen atoms in total. The van der Waals surface area contributed by atoms with E-state index in [-0.39, 0.29) is 18.7 Å². The number of hydrogen-bond acceptors (Lipinski definition) is 4. The fourth-order valence-corrected chi connectivity index (χ4v) is 4.46. The first kappa shape index (κ1) is 26.5. The number of carbonyl (C=O) groups excluding carboxylic acids is 1. The van der Waals surface area contributed by atoms with Crippen LogP contribution in [0.5, 0.6) is 0 Å². The molecule has 0 aliphatic heterocycles. The number of pyridine rings is 1. The number of anilines is 1. The maximum Gasteiger partial charge on any atom is 0.305 e. The van der Waals surface area contributed by atoms with Gasteiger partial charge in [-0.3, -0.25) is 14.6 Å². The molecular weight excluding hydrogens is 533 g/mol. The standard InChI is InChI=1S/C28H22Cl3N3O3/c29-21-4-7-24(25(31)14-21)18-1-5-23(6-2-18)33-15-17-11-20(13-22(30)12-17)19-3-8-26(34-16-19)28(37)32-10-9-27(35)36/h1-8,11-14,16,33H,9-10,15H2,(H,32,37)(H,35,36). The molecule has 0 fully saturated rings. The number of benzene rings is 3. The number of carboxylic acid groups (broad SMARTS) is 1. The molecule has 0 spiro atoms. The van der Waals surface area contributed by atoms with Crippen LogP contribution in [-0.4, -0.2) is 28.5 Å². The van der Waals surface area contributed by atoms with Crippen molar-refractivity contribution >= 4 is 52.4 Å². The first-order valence-corrected chi connectivity index (χ1v) is 12.5. The molecule has 1 heterocycles. The summed E-state index contributed by atoms with van der Waals surface area (Å²) in [6, 6.07) is 22.5. The molecule has 4 aromatic rings. The molecule has 0 saturated heterocycles. The number of nitrogens with one attached hydrogen (secondary N) is 2. The summed E-state index contributed by atoms with van der Waals surface area (Å²) in [5.41, 5.74) is 5.69. The fourth-order valence-electron chi connectivity index (χ4n) is 3.69. The van der Waals surface area contributed by atoms with E-state index in [0.29, 0.717) is 21.6 Å². The zero-order chi connectivity index (χ0) is 26.4. The van der Waals surface area contributed by atoms with Crippen LogP contribution in [0.1, 0.15) is 22.5 Å². The number of aliphatic carboxylic acids is 1. The molecule has 0 atom stereocenters. The van der Waals surface area contributed by atoms with Crippen molar-refractivity contribution in [2.75, 3.05) is 11.9 Å². The van der Waals surface area contributed by atoms with E-state index >= 15 is 0 Å². The summed E-state index contributed by atoms with van der Waals surface area (Å²) in [5.74, 6) is -1.40. The van der Waals surface area contributed by atoms with E-state index in [4.69, 9.17) is 39.9 Å². The van der Waals surface area contributed by atoms with Crippen LogP contribution in [0.3, 0.4) is 0 Å². The molecular formula is C28H22Cl3N3O3. The van der Waals surface area contributed by atoms with Crippen molar-refractivity contribution in [2.45, 2.75) is 13.0 Å². The van der Waals surface area contributed by atoms with Crippen molar-refractivity contribution in [1.82, 2.24) is 10.3 Å². The number of amides is 1. The minimum absolute atomic E-state index is 0.0415. The van der Waals surface area contributed by atoms with Gasteiger partial charge in [-0.2, -0.15) is 0 Å². The van der Waals surface area contributed by atoms with Gasteiger partial charge in [0.2, 0.25) is 0 Å². The SMILES string of the molecule is O=C(O)CCNC(=O)c1ccc(-c2cc(Cl)cc(CNc3ccc(-c4ccc(Cl)cc4Cl)cc3)c2)cn1. The number of hydrogen-bond donors (Lipinski definition) is 3. The van der Waals surface area contributed by atoms with Crippen molar-refractivity contribution < 1.29 is 14.7 Å². The van der Waals surface area contributed by atoms with E-state index < -0.39 is 11.9 Å². The molecule has 1 amide bonds. The molecule has 0 radical (unpaired) electrons. The summed E-state index contributed by atoms with van der Waals surface area (Å²) in [6.45, 7) is 0.589. The van der Waals surface area contributed by atoms with Crippen molar-refractivity contribution in [3.63, 3.8) is 0 Å². The van der Waals surface area contributed by atoms with E-state index in [2.05, 4.69) is 15.6 Å². The van der Waals surface area contributed by atoms with E-state index in [1.165, 1.54) is 0 Å². The van der Waals surface area contributed by atoms with E-state index in [1.807, 2.05) is 54.6 Å². The Morgan fingerprint density at radius 1 is 0.811 bits per heavy atom. The molecule has 4 rings (SSSR count). The summed E-state index contributed by atoms with van der Waals surface area (Å²) in [7, 11) is 0. The van der Waals surface area contributed by atoms with Gasteiger partial charge in [0.15, 0.2) is 0 Å². The smallest absolute Gasteiger partial charge is 0.305 e. The summed E-state index contributed by atoms with van der Waals surface area (Å²) in [6.07, 6.45) is 1.44. The highest BCUT2D eigenvalue weighted by molar-refractivity contribution is 6.36. The normalized spacial score (nSPS) is 10.7. The van der Waals surface area contributed by atoms with E-state index in [0.717, 1.165) is 33.5 Å². The Morgan fingerprint density at radius 2 is 1.57 bits per heavy atom. The predicted octanol–water partition coefficient (Wildman–Crippen LogP) is 7.19. The largest absolute Gasteiger partial charge is 0.481 e. The van der Waals surface area contributed by atoms with Gasteiger partial charge in [-0.05, 0) is 65.2 Å². The van der Waals surface area contributed by atoms with Crippen LogP contribution in [0.15, 0.2) is 79.0 Å². The topological polar surface area (TPSA) is 91.3 Å². The van der Waals surface area contributed by atoms with Crippen LogP contribution < -0.4 is 10.6 Å². The van der Waals surface area contributed by atoms with Crippen LogP contribution in [0.2, 0.25) is 15.1 Å². The maximum absolute atomic E-state index is 12.1. The van der Waals surface area contributed by atoms with Crippen molar-refractivity contribution in [3.05, 3.63) is 105 Å². The van der Waals surface area contributed by atoms with Crippen LogP contribution in [0.4, 0.5) is 5.69 Å². The number of halogens is 3. The average Bonchev–Trinajstić information content (AvgIpc) is 2.87. The minimum atomic E-state index is -0.977. The quantitative estimate of drug-likeness (QED) is 0.204. The monoisotopic (exact) mass is 553 g/mol. The van der Waals surface area contributed by atoms with Crippen LogP contribution in [0, 0.1) is 0 Å². The van der Waals surface area contributed by atoms with Crippen molar-refractivity contribution in [1.29, 1.82) is 0 Å². The summed E-state index contributed by atoms with van der Waals surface area (Å²) in [4.78, 5) is 26.9. The summed E-state index contributed by atoms with van der Waals surface area (Å²) >= 11 is 18.7. The van der Waals surface area contributed by atoms with Gasteiger partial charge in [-0.1, -0.05) is 59.1 Å². The first-order valence-electron chi connectivity index (χ1n) is 11.3. The Kier molecular flexibility index (Phi) is 8.66. The average molecular weight is 555 g/mol. The zero-order valence-electron chi connectivity index (χ0n) is 19.5. The van der Waals surface area contributed by atoms with Gasteiger partial charge >= 0.3 is 5.97 Å². The zero-order valence-corrected chi connectivity index (χ0v) is 21.7. The third kappa shape index (κ3) is 7.23. The lowest BCUT2D eigenvalue weighted by Crippen LogP contribution is -2.26. The summed E-state index contributed by atoms with van der Waals surface area (Å²) in [5, 5.41) is 16.4. The molecule has 1 aromatic heterocycles. The Labute approximate surface area is 229 Å². The number of aromatic nitrogens is 1. The number of carboxylic acids is 1. The number of nitrogens with zero attached hydrogens (tertiary/aromatic N) is 1. The number of carbonyl (C=O) groups is 2. The third-order valence-electron chi connectivity index (χ3n) is 5.54. The molecule has 0 unspecified atom stereocenters. The minimum Gasteiger partial charge on any atom is -0.481 e. The Hall–Kier alpha value is -3.58. The van der Waals surface area contributed by atoms with Crippen LogP contribution in [0.25, 0.3) is 22.3 Å². The van der Waals surface area contributed by atoms with Gasteiger partial charge in [0, 0.05) is 51.2 Å². The summed E-state index contributed by atoms with van der Waals surface area (Å²) < 4.78 is 0. The third-order valence-corrected chi connectivity index (χ3v) is 6.30. The van der Waals surface area contributed by atoms with Gasteiger partial charge in [0.1, 0.15) is 5.69 Å². The second-order valence-electron chi connectivity index (χ2n) is 8.23. The first-order chi connectivity index (χ1) is 17.8. The molecule has 188 valence electrons. The lowest BCUT2D eigenvalue weighted by Gasteiger charge is -2.11. The van der Waals surface area contributed by atoms with E-state index in [1.54, 1.807) is 24.4 Å². The second-order valence-corrected chi connectivity index (χ2v) is 9.52. The highest BCUT2D eigenvalue weighted by Crippen LogP contribution is 2.31. The lowest BCUT2D eigenvalue weighted by molar-refractivity contribution is -0.136. The predicted molar refractivity (Wildman–Crippen MR) is 148 cm³/mol. The van der Waals surface area contributed by atoms with E-state index in [9.17, 15) is 9.59 Å². The maximum atomic E-state index is 12.1. The molecule has 37 heavy (non-hydrogen) atoms. The molecule has 0 saturated carbocycles. The second kappa shape index (κ2) is 12.1. The van der Waals surface area contributed by atoms with Crippen molar-refractivity contribution in [3.8, 4) is 22.3 Å². The lowest BCUT2D eigenvalue weighted by atomic mass is 10.0. The molecule has 3 aromatic carbocycles. The van der Waals surface area contributed by atoms with Gasteiger partial charge in [-0.25, -0.2) is 0 Å². The molecule has 9 heteroatoms. The van der Waals surface area contributed by atoms with Gasteiger partial charge in [0.25, 0.3) is 5.91 Å². The highest BCUT2D eigenvalue weighted by Gasteiger charge is 2.10. The fraction of sp³-hybridized carbons (Fsp3) is 0.107. The van der Waals surface area contributed by atoms with Crippen molar-refractivity contribution in [2.24, 2.45) is 0 Å². The number of rotatable bonds is 9. The van der Waals surface area contributed by atoms with Gasteiger partial charge < -0.3 is 15.7 Å². The van der Waals surface area contributed by atoms with Gasteiger partial charge in [-0.15, -0.1) is 0 Å². The Bertz CT molecular complexity index is 1430. The molecule has 0 aliphatic rings. The molecule has 3 N–H and O–H groups in total. The Balaban J connectivity index is 1.41. The highest BCUT2D eigenvalue weighted by atomic mass is 35.5.